The summed E-state index contributed by atoms with van der Waals surface area (Å²) >= 11 is 0. The van der Waals surface area contributed by atoms with E-state index in [1.54, 1.807) is 6.92 Å². The SMILES string of the molecule is CCOC(=O)N1C[C@H](c2ccc(OCCc3nc(-c4ccccc4)oc3C)cc2)[C@H](C(=O)O)C1. The molecule has 2 aromatic carbocycles. The number of hydrogen-bond donors (Lipinski definition) is 1. The number of carbonyl (C=O) groups is 2. The molecule has 34 heavy (non-hydrogen) atoms. The number of nitrogens with zero attached hydrogens (tertiary/aromatic N) is 2. The van der Waals surface area contributed by atoms with Gasteiger partial charge in [-0.2, -0.15) is 0 Å². The highest BCUT2D eigenvalue weighted by Crippen LogP contribution is 2.34. The average molecular weight is 465 g/mol. The van der Waals surface area contributed by atoms with Crippen molar-refractivity contribution in [1.29, 1.82) is 0 Å². The maximum atomic E-state index is 12.1. The number of aryl methyl sites for hydroxylation is 1. The van der Waals surface area contributed by atoms with Gasteiger partial charge < -0.3 is 23.9 Å². The minimum absolute atomic E-state index is 0.138. The molecule has 1 fully saturated rings. The first-order valence-corrected chi connectivity index (χ1v) is 11.3. The Bertz CT molecular complexity index is 1130. The van der Waals surface area contributed by atoms with Crippen LogP contribution in [0.15, 0.2) is 59.0 Å². The first-order valence-electron chi connectivity index (χ1n) is 11.3. The summed E-state index contributed by atoms with van der Waals surface area (Å²) < 4.78 is 16.7. The monoisotopic (exact) mass is 464 g/mol. The summed E-state index contributed by atoms with van der Waals surface area (Å²) in [6.07, 6.45) is 0.122. The zero-order valence-electron chi connectivity index (χ0n) is 19.3. The topological polar surface area (TPSA) is 102 Å². The second kappa shape index (κ2) is 10.4. The van der Waals surface area contributed by atoms with Crippen LogP contribution in [0.5, 0.6) is 5.75 Å². The van der Waals surface area contributed by atoms with Gasteiger partial charge in [-0.3, -0.25) is 4.79 Å². The predicted molar refractivity (Wildman–Crippen MR) is 125 cm³/mol. The number of oxazole rings is 1. The third-order valence-corrected chi connectivity index (χ3v) is 5.99. The smallest absolute Gasteiger partial charge is 0.409 e. The highest BCUT2D eigenvalue weighted by Gasteiger charge is 2.41. The molecule has 0 unspecified atom stereocenters. The number of rotatable bonds is 8. The van der Waals surface area contributed by atoms with Crippen LogP contribution in [-0.4, -0.2) is 53.4 Å². The van der Waals surface area contributed by atoms with Crippen molar-refractivity contribution >= 4 is 12.1 Å². The third-order valence-electron chi connectivity index (χ3n) is 5.99. The first kappa shape index (κ1) is 23.4. The van der Waals surface area contributed by atoms with Gasteiger partial charge in [0.05, 0.1) is 24.8 Å². The number of aliphatic carboxylic acids is 1. The van der Waals surface area contributed by atoms with Crippen LogP contribution < -0.4 is 4.74 Å². The summed E-state index contributed by atoms with van der Waals surface area (Å²) in [6.45, 7) is 4.75. The molecule has 2 atom stereocenters. The van der Waals surface area contributed by atoms with E-state index in [1.807, 2.05) is 61.5 Å². The molecule has 1 amide bonds. The number of likely N-dealkylation sites (tertiary alicyclic amines) is 1. The Morgan fingerprint density at radius 2 is 1.85 bits per heavy atom. The molecule has 0 spiro atoms. The number of carboxylic acids is 1. The average Bonchev–Trinajstić information content (AvgIpc) is 3.45. The Kier molecular flexibility index (Phi) is 7.15. The fourth-order valence-corrected chi connectivity index (χ4v) is 4.20. The van der Waals surface area contributed by atoms with Crippen molar-refractivity contribution in [2.75, 3.05) is 26.3 Å². The molecule has 1 N–H and O–H groups in total. The summed E-state index contributed by atoms with van der Waals surface area (Å²) in [7, 11) is 0. The molecular formula is C26H28N2O6. The van der Waals surface area contributed by atoms with Gasteiger partial charge in [0.2, 0.25) is 5.89 Å². The molecule has 0 aliphatic carbocycles. The molecule has 3 aromatic rings. The van der Waals surface area contributed by atoms with Crippen molar-refractivity contribution in [3.05, 3.63) is 71.6 Å². The number of carboxylic acid groups (broad SMARTS) is 1. The number of benzene rings is 2. The van der Waals surface area contributed by atoms with Gasteiger partial charge in [0.25, 0.3) is 0 Å². The minimum atomic E-state index is -0.921. The number of amides is 1. The maximum Gasteiger partial charge on any atom is 0.409 e. The molecule has 8 nitrogen and oxygen atoms in total. The Balaban J connectivity index is 1.35. The zero-order valence-corrected chi connectivity index (χ0v) is 19.3. The highest BCUT2D eigenvalue weighted by molar-refractivity contribution is 5.75. The van der Waals surface area contributed by atoms with Crippen molar-refractivity contribution in [3.63, 3.8) is 0 Å². The van der Waals surface area contributed by atoms with E-state index in [9.17, 15) is 14.7 Å². The second-order valence-electron chi connectivity index (χ2n) is 8.21. The van der Waals surface area contributed by atoms with Gasteiger partial charge in [-0.25, -0.2) is 9.78 Å². The maximum absolute atomic E-state index is 12.1. The van der Waals surface area contributed by atoms with E-state index in [4.69, 9.17) is 13.9 Å². The molecule has 0 saturated carbocycles. The summed E-state index contributed by atoms with van der Waals surface area (Å²) in [5.41, 5.74) is 2.64. The minimum Gasteiger partial charge on any atom is -0.493 e. The fourth-order valence-electron chi connectivity index (χ4n) is 4.20. The van der Waals surface area contributed by atoms with Crippen LogP contribution >= 0.6 is 0 Å². The normalized spacial score (nSPS) is 17.5. The molecule has 0 radical (unpaired) electrons. The molecule has 1 aliphatic rings. The van der Waals surface area contributed by atoms with Crippen molar-refractivity contribution in [2.24, 2.45) is 5.92 Å². The summed E-state index contributed by atoms with van der Waals surface area (Å²) in [5, 5.41) is 9.63. The van der Waals surface area contributed by atoms with Crippen molar-refractivity contribution in [2.45, 2.75) is 26.2 Å². The molecule has 0 bridgehead atoms. The van der Waals surface area contributed by atoms with E-state index in [-0.39, 0.29) is 19.1 Å². The Labute approximate surface area is 198 Å². The molecule has 1 aromatic heterocycles. The van der Waals surface area contributed by atoms with E-state index in [0.29, 0.717) is 31.2 Å². The lowest BCUT2D eigenvalue weighted by molar-refractivity contribution is -0.141. The lowest BCUT2D eigenvalue weighted by Gasteiger charge is -2.16. The molecule has 1 saturated heterocycles. The number of carbonyl (C=O) groups excluding carboxylic acids is 1. The standard InChI is InChI=1S/C26H28N2O6/c1-3-32-26(31)28-15-21(22(16-28)25(29)30)18-9-11-20(12-10-18)33-14-13-23-17(2)34-24(27-23)19-7-5-4-6-8-19/h4-12,21-22H,3,13-16H2,1-2H3,(H,29,30)/t21-,22-/m1/s1. The summed E-state index contributed by atoms with van der Waals surface area (Å²) in [5.74, 6) is 0.148. The van der Waals surface area contributed by atoms with Gasteiger partial charge in [0.15, 0.2) is 0 Å². The van der Waals surface area contributed by atoms with Gasteiger partial charge in [-0.05, 0) is 43.7 Å². The van der Waals surface area contributed by atoms with E-state index in [2.05, 4.69) is 4.98 Å². The lowest BCUT2D eigenvalue weighted by atomic mass is 9.89. The predicted octanol–water partition coefficient (Wildman–Crippen LogP) is 4.53. The molecule has 178 valence electrons. The molecule has 8 heteroatoms. The van der Waals surface area contributed by atoms with Crippen LogP contribution in [0, 0.1) is 12.8 Å². The van der Waals surface area contributed by atoms with E-state index in [0.717, 1.165) is 22.6 Å². The van der Waals surface area contributed by atoms with Crippen LogP contribution in [0.2, 0.25) is 0 Å². The number of aromatic nitrogens is 1. The largest absolute Gasteiger partial charge is 0.493 e. The van der Waals surface area contributed by atoms with E-state index < -0.39 is 18.0 Å². The zero-order chi connectivity index (χ0) is 24.1. The van der Waals surface area contributed by atoms with Gasteiger partial charge in [0.1, 0.15) is 11.5 Å². The first-order chi connectivity index (χ1) is 16.5. The second-order valence-corrected chi connectivity index (χ2v) is 8.21. The van der Waals surface area contributed by atoms with E-state index >= 15 is 0 Å². The Hall–Kier alpha value is -3.81. The van der Waals surface area contributed by atoms with Gasteiger partial charge >= 0.3 is 12.1 Å². The van der Waals surface area contributed by atoms with Gasteiger partial charge in [0, 0.05) is 31.0 Å². The van der Waals surface area contributed by atoms with Crippen molar-refractivity contribution in [1.82, 2.24) is 9.88 Å². The van der Waals surface area contributed by atoms with Crippen LogP contribution in [-0.2, 0) is 16.0 Å². The van der Waals surface area contributed by atoms with Crippen LogP contribution in [0.3, 0.4) is 0 Å². The summed E-state index contributed by atoms with van der Waals surface area (Å²) in [4.78, 5) is 29.9. The van der Waals surface area contributed by atoms with Crippen molar-refractivity contribution < 1.29 is 28.6 Å². The van der Waals surface area contributed by atoms with Crippen LogP contribution in [0.25, 0.3) is 11.5 Å². The number of ether oxygens (including phenoxy) is 2. The molecule has 4 rings (SSSR count). The van der Waals surface area contributed by atoms with E-state index in [1.165, 1.54) is 4.90 Å². The van der Waals surface area contributed by atoms with Crippen molar-refractivity contribution in [3.8, 4) is 17.2 Å². The molecular weight excluding hydrogens is 436 g/mol. The Morgan fingerprint density at radius 1 is 1.12 bits per heavy atom. The fraction of sp³-hybridized carbons (Fsp3) is 0.346. The molecule has 1 aliphatic heterocycles. The summed E-state index contributed by atoms with van der Waals surface area (Å²) in [6, 6.07) is 17.1. The van der Waals surface area contributed by atoms with Crippen LogP contribution in [0.1, 0.15) is 29.9 Å². The highest BCUT2D eigenvalue weighted by atomic mass is 16.6. The van der Waals surface area contributed by atoms with Crippen LogP contribution in [0.4, 0.5) is 4.79 Å². The van der Waals surface area contributed by atoms with Gasteiger partial charge in [-0.15, -0.1) is 0 Å². The number of hydrogen-bond acceptors (Lipinski definition) is 6. The third kappa shape index (κ3) is 5.22. The molecule has 2 heterocycles. The van der Waals surface area contributed by atoms with Gasteiger partial charge in [-0.1, -0.05) is 30.3 Å². The quantitative estimate of drug-likeness (QED) is 0.523. The lowest BCUT2D eigenvalue weighted by Crippen LogP contribution is -2.30. The Morgan fingerprint density at radius 3 is 2.53 bits per heavy atom.